The molecule has 2 aromatic heterocycles. The van der Waals surface area contributed by atoms with E-state index in [4.69, 9.17) is 0 Å². The second-order valence-corrected chi connectivity index (χ2v) is 7.28. The molecular formula is C19H21N3O3S. The van der Waals surface area contributed by atoms with Crippen molar-refractivity contribution in [1.29, 1.82) is 0 Å². The normalized spacial score (nSPS) is 12.2. The SMILES string of the molecule is C[C@@H](CCc1ccccc1)NC(=O)Cn1c(=O)n(C)c(=O)c2sccc21. The molecule has 0 fully saturated rings. The number of nitrogens with one attached hydrogen (secondary N) is 1. The highest BCUT2D eigenvalue weighted by Crippen LogP contribution is 2.14. The zero-order valence-corrected chi connectivity index (χ0v) is 15.6. The molecule has 0 bridgehead atoms. The van der Waals surface area contributed by atoms with Gasteiger partial charge in [0, 0.05) is 13.1 Å². The Balaban J connectivity index is 1.69. The Hall–Kier alpha value is -2.67. The van der Waals surface area contributed by atoms with Crippen molar-refractivity contribution >= 4 is 27.5 Å². The van der Waals surface area contributed by atoms with Gasteiger partial charge in [0.1, 0.15) is 11.2 Å². The van der Waals surface area contributed by atoms with Crippen molar-refractivity contribution < 1.29 is 4.79 Å². The monoisotopic (exact) mass is 371 g/mol. The topological polar surface area (TPSA) is 73.1 Å². The summed E-state index contributed by atoms with van der Waals surface area (Å²) in [5.41, 5.74) is 0.930. The molecule has 7 heteroatoms. The van der Waals surface area contributed by atoms with Crippen LogP contribution in [0.5, 0.6) is 0 Å². The van der Waals surface area contributed by atoms with Crippen LogP contribution in [0.4, 0.5) is 0 Å². The van der Waals surface area contributed by atoms with Crippen LogP contribution in [0.15, 0.2) is 51.4 Å². The standard InChI is InChI=1S/C19H21N3O3S/c1-13(8-9-14-6-4-3-5-7-14)20-16(23)12-22-15-10-11-26-17(15)18(24)21(2)19(22)25/h3-7,10-11,13H,8-9,12H2,1-2H3,(H,20,23)/t13-/m0/s1. The Bertz CT molecular complexity index is 1030. The minimum absolute atomic E-state index is 0.0103. The predicted octanol–water partition coefficient (Wildman–Crippen LogP) is 1.90. The maximum Gasteiger partial charge on any atom is 0.331 e. The molecule has 0 saturated carbocycles. The highest BCUT2D eigenvalue weighted by molar-refractivity contribution is 7.17. The van der Waals surface area contributed by atoms with E-state index in [2.05, 4.69) is 17.4 Å². The molecule has 0 spiro atoms. The second-order valence-electron chi connectivity index (χ2n) is 6.36. The molecule has 6 nitrogen and oxygen atoms in total. The van der Waals surface area contributed by atoms with Gasteiger partial charge in [-0.05, 0) is 36.8 Å². The number of fused-ring (bicyclic) bond motifs is 1. The van der Waals surface area contributed by atoms with E-state index in [1.165, 1.54) is 28.5 Å². The number of hydrogen-bond acceptors (Lipinski definition) is 4. The van der Waals surface area contributed by atoms with E-state index in [0.717, 1.165) is 17.4 Å². The number of carbonyl (C=O) groups excluding carboxylic acids is 1. The average Bonchev–Trinajstić information content (AvgIpc) is 3.12. The summed E-state index contributed by atoms with van der Waals surface area (Å²) in [6.45, 7) is 1.85. The molecule has 0 radical (unpaired) electrons. The molecule has 3 rings (SSSR count). The first-order valence-electron chi connectivity index (χ1n) is 8.47. The van der Waals surface area contributed by atoms with Crippen LogP contribution in [0.25, 0.3) is 10.2 Å². The first kappa shape index (κ1) is 18.1. The molecule has 0 unspecified atom stereocenters. The predicted molar refractivity (Wildman–Crippen MR) is 104 cm³/mol. The lowest BCUT2D eigenvalue weighted by Gasteiger charge is -2.15. The summed E-state index contributed by atoms with van der Waals surface area (Å²) in [6.07, 6.45) is 1.68. The molecule has 1 aromatic carbocycles. The average molecular weight is 371 g/mol. The van der Waals surface area contributed by atoms with Gasteiger partial charge in [-0.15, -0.1) is 11.3 Å². The van der Waals surface area contributed by atoms with Gasteiger partial charge < -0.3 is 5.32 Å². The summed E-state index contributed by atoms with van der Waals surface area (Å²) in [5.74, 6) is -0.237. The van der Waals surface area contributed by atoms with Gasteiger partial charge in [0.25, 0.3) is 5.56 Å². The summed E-state index contributed by atoms with van der Waals surface area (Å²) >= 11 is 1.27. The minimum atomic E-state index is -0.479. The van der Waals surface area contributed by atoms with Crippen molar-refractivity contribution in [3.63, 3.8) is 0 Å². The summed E-state index contributed by atoms with van der Waals surface area (Å²) in [6, 6.07) is 11.8. The molecule has 1 atom stereocenters. The molecule has 136 valence electrons. The van der Waals surface area contributed by atoms with Crippen molar-refractivity contribution in [2.75, 3.05) is 0 Å². The molecule has 3 aromatic rings. The summed E-state index contributed by atoms with van der Waals surface area (Å²) in [7, 11) is 1.43. The second kappa shape index (κ2) is 7.70. The zero-order valence-electron chi connectivity index (χ0n) is 14.8. The number of carbonyl (C=O) groups is 1. The highest BCUT2D eigenvalue weighted by Gasteiger charge is 2.15. The Morgan fingerprint density at radius 3 is 2.65 bits per heavy atom. The van der Waals surface area contributed by atoms with Gasteiger partial charge in [0.2, 0.25) is 5.91 Å². The van der Waals surface area contributed by atoms with Crippen molar-refractivity contribution in [3.8, 4) is 0 Å². The fourth-order valence-electron chi connectivity index (χ4n) is 2.92. The van der Waals surface area contributed by atoms with Crippen molar-refractivity contribution in [2.24, 2.45) is 7.05 Å². The number of hydrogen-bond donors (Lipinski definition) is 1. The number of rotatable bonds is 6. The van der Waals surface area contributed by atoms with Gasteiger partial charge in [-0.25, -0.2) is 4.79 Å². The molecule has 0 aliphatic heterocycles. The number of aromatic nitrogens is 2. The van der Waals surface area contributed by atoms with Crippen LogP contribution in [-0.4, -0.2) is 21.1 Å². The van der Waals surface area contributed by atoms with Gasteiger partial charge >= 0.3 is 5.69 Å². The Labute approximate surface area is 154 Å². The maximum absolute atomic E-state index is 12.4. The Kier molecular flexibility index (Phi) is 5.37. The van der Waals surface area contributed by atoms with E-state index in [1.54, 1.807) is 11.4 Å². The van der Waals surface area contributed by atoms with E-state index >= 15 is 0 Å². The van der Waals surface area contributed by atoms with Crippen LogP contribution in [0.1, 0.15) is 18.9 Å². The lowest BCUT2D eigenvalue weighted by molar-refractivity contribution is -0.122. The summed E-state index contributed by atoms with van der Waals surface area (Å²) < 4.78 is 2.88. The molecule has 0 saturated heterocycles. The Morgan fingerprint density at radius 2 is 1.92 bits per heavy atom. The van der Waals surface area contributed by atoms with Crippen LogP contribution >= 0.6 is 11.3 Å². The van der Waals surface area contributed by atoms with Crippen molar-refractivity contribution in [1.82, 2.24) is 14.5 Å². The largest absolute Gasteiger partial charge is 0.352 e. The molecule has 1 N–H and O–H groups in total. The smallest absolute Gasteiger partial charge is 0.331 e. The molecule has 1 amide bonds. The quantitative estimate of drug-likeness (QED) is 0.719. The van der Waals surface area contributed by atoms with Gasteiger partial charge in [0.05, 0.1) is 5.52 Å². The lowest BCUT2D eigenvalue weighted by atomic mass is 10.1. The first-order chi connectivity index (χ1) is 12.5. The molecule has 0 aliphatic carbocycles. The minimum Gasteiger partial charge on any atom is -0.352 e. The van der Waals surface area contributed by atoms with Gasteiger partial charge in [-0.2, -0.15) is 0 Å². The van der Waals surface area contributed by atoms with Crippen LogP contribution in [-0.2, 0) is 24.8 Å². The summed E-state index contributed by atoms with van der Waals surface area (Å²) in [4.78, 5) is 36.9. The third-order valence-corrected chi connectivity index (χ3v) is 5.26. The lowest BCUT2D eigenvalue weighted by Crippen LogP contribution is -2.42. The number of aryl methyl sites for hydroxylation is 1. The van der Waals surface area contributed by atoms with E-state index in [0.29, 0.717) is 10.2 Å². The number of benzene rings is 1. The highest BCUT2D eigenvalue weighted by atomic mass is 32.1. The molecule has 26 heavy (non-hydrogen) atoms. The fraction of sp³-hybridized carbons (Fsp3) is 0.316. The third kappa shape index (κ3) is 3.77. The van der Waals surface area contributed by atoms with Crippen LogP contribution in [0.3, 0.4) is 0 Å². The van der Waals surface area contributed by atoms with Gasteiger partial charge in [-0.1, -0.05) is 30.3 Å². The zero-order chi connectivity index (χ0) is 18.7. The van der Waals surface area contributed by atoms with E-state index in [9.17, 15) is 14.4 Å². The molecule has 0 aliphatic rings. The first-order valence-corrected chi connectivity index (χ1v) is 9.35. The van der Waals surface area contributed by atoms with E-state index in [-0.39, 0.29) is 24.1 Å². The number of amides is 1. The van der Waals surface area contributed by atoms with E-state index in [1.807, 2.05) is 25.1 Å². The van der Waals surface area contributed by atoms with Crippen LogP contribution in [0.2, 0.25) is 0 Å². The van der Waals surface area contributed by atoms with Crippen molar-refractivity contribution in [3.05, 3.63) is 68.2 Å². The van der Waals surface area contributed by atoms with Crippen molar-refractivity contribution in [2.45, 2.75) is 32.4 Å². The number of nitrogens with zero attached hydrogens (tertiary/aromatic N) is 2. The summed E-state index contributed by atoms with van der Waals surface area (Å²) in [5, 5.41) is 4.69. The number of thiophene rings is 1. The third-order valence-electron chi connectivity index (χ3n) is 4.37. The fourth-order valence-corrected chi connectivity index (χ4v) is 3.79. The van der Waals surface area contributed by atoms with Crippen LogP contribution in [0, 0.1) is 0 Å². The Morgan fingerprint density at radius 1 is 1.19 bits per heavy atom. The molecular weight excluding hydrogens is 350 g/mol. The van der Waals surface area contributed by atoms with Gasteiger partial charge in [0.15, 0.2) is 0 Å². The van der Waals surface area contributed by atoms with Crippen LogP contribution < -0.4 is 16.6 Å². The molecule has 2 heterocycles. The van der Waals surface area contributed by atoms with E-state index < -0.39 is 5.69 Å². The van der Waals surface area contributed by atoms with Gasteiger partial charge in [-0.3, -0.25) is 18.7 Å². The maximum atomic E-state index is 12.4.